The first-order chi connectivity index (χ1) is 8.75. The van der Waals surface area contributed by atoms with Gasteiger partial charge in [-0.05, 0) is 31.5 Å². The lowest BCUT2D eigenvalue weighted by molar-refractivity contribution is 0.581. The summed E-state index contributed by atoms with van der Waals surface area (Å²) in [5.41, 5.74) is 2.36. The Morgan fingerprint density at radius 3 is 3.06 bits per heavy atom. The molecule has 1 fully saturated rings. The van der Waals surface area contributed by atoms with E-state index in [9.17, 15) is 0 Å². The molecule has 1 aliphatic heterocycles. The van der Waals surface area contributed by atoms with Crippen molar-refractivity contribution in [3.8, 4) is 11.3 Å². The molecule has 0 radical (unpaired) electrons. The fraction of sp³-hybridized carbons (Fsp3) is 0.357. The van der Waals surface area contributed by atoms with Gasteiger partial charge in [-0.25, -0.2) is 4.98 Å². The zero-order valence-corrected chi connectivity index (χ0v) is 11.9. The van der Waals surface area contributed by atoms with Gasteiger partial charge in [0.1, 0.15) is 5.82 Å². The lowest BCUT2D eigenvalue weighted by atomic mass is 10.1. The molecule has 3 rings (SSSR count). The maximum Gasteiger partial charge on any atom is 0.126 e. The predicted octanol–water partition coefficient (Wildman–Crippen LogP) is 3.27. The third-order valence-electron chi connectivity index (χ3n) is 3.52. The highest BCUT2D eigenvalue weighted by molar-refractivity contribution is 9.10. The Balaban J connectivity index is 1.98. The number of halogens is 1. The third-order valence-corrected chi connectivity index (χ3v) is 4.01. The Kier molecular flexibility index (Phi) is 3.22. The van der Waals surface area contributed by atoms with Crippen LogP contribution in [0, 0.1) is 0 Å². The topological polar surface area (TPSA) is 29.9 Å². The number of hydrogen-bond donors (Lipinski definition) is 1. The van der Waals surface area contributed by atoms with Crippen LogP contribution in [-0.2, 0) is 7.05 Å². The largest absolute Gasteiger partial charge is 0.330 e. The van der Waals surface area contributed by atoms with Crippen molar-refractivity contribution >= 4 is 15.9 Å². The normalized spacial score (nSPS) is 19.3. The molecule has 94 valence electrons. The van der Waals surface area contributed by atoms with E-state index in [1.54, 1.807) is 0 Å². The van der Waals surface area contributed by atoms with E-state index in [0.29, 0.717) is 6.04 Å². The lowest BCUT2D eigenvalue weighted by Gasteiger charge is -2.11. The summed E-state index contributed by atoms with van der Waals surface area (Å²) in [6, 6.07) is 8.76. The van der Waals surface area contributed by atoms with Gasteiger partial charge in [-0.3, -0.25) is 0 Å². The quantitative estimate of drug-likeness (QED) is 0.923. The fourth-order valence-corrected chi connectivity index (χ4v) is 2.97. The van der Waals surface area contributed by atoms with Crippen molar-refractivity contribution in [3.05, 3.63) is 40.8 Å². The van der Waals surface area contributed by atoms with E-state index in [-0.39, 0.29) is 0 Å². The van der Waals surface area contributed by atoms with E-state index >= 15 is 0 Å². The minimum Gasteiger partial charge on any atom is -0.330 e. The standard InChI is InChI=1S/C14H16BrN3/c1-18-13(10-4-2-5-11(15)8-10)9-17-14(18)12-6-3-7-16-12/h2,4-5,8-9,12,16H,3,6-7H2,1H3. The van der Waals surface area contributed by atoms with Gasteiger partial charge in [-0.2, -0.15) is 0 Å². The average molecular weight is 306 g/mol. The van der Waals surface area contributed by atoms with Crippen molar-refractivity contribution < 1.29 is 0 Å². The Bertz CT molecular complexity index is 556. The molecule has 0 spiro atoms. The van der Waals surface area contributed by atoms with Crippen molar-refractivity contribution in [1.82, 2.24) is 14.9 Å². The van der Waals surface area contributed by atoms with Gasteiger partial charge in [0.25, 0.3) is 0 Å². The Hall–Kier alpha value is -1.13. The van der Waals surface area contributed by atoms with E-state index < -0.39 is 0 Å². The summed E-state index contributed by atoms with van der Waals surface area (Å²) in [4.78, 5) is 4.59. The van der Waals surface area contributed by atoms with Crippen LogP contribution >= 0.6 is 15.9 Å². The minimum atomic E-state index is 0.413. The summed E-state index contributed by atoms with van der Waals surface area (Å²) in [6.07, 6.45) is 4.39. The molecule has 0 bridgehead atoms. The summed E-state index contributed by atoms with van der Waals surface area (Å²) in [5, 5.41) is 3.50. The van der Waals surface area contributed by atoms with Crippen molar-refractivity contribution in [2.45, 2.75) is 18.9 Å². The first kappa shape index (κ1) is 11.9. The molecular weight excluding hydrogens is 290 g/mol. The second-order valence-corrected chi connectivity index (χ2v) is 5.64. The van der Waals surface area contributed by atoms with Crippen LogP contribution in [0.1, 0.15) is 24.7 Å². The second-order valence-electron chi connectivity index (χ2n) is 4.72. The maximum atomic E-state index is 4.59. The molecule has 1 atom stereocenters. The molecule has 1 aliphatic rings. The molecule has 1 N–H and O–H groups in total. The molecule has 4 heteroatoms. The number of aromatic nitrogens is 2. The van der Waals surface area contributed by atoms with E-state index in [0.717, 1.165) is 16.8 Å². The first-order valence-electron chi connectivity index (χ1n) is 6.26. The number of nitrogens with zero attached hydrogens (tertiary/aromatic N) is 2. The van der Waals surface area contributed by atoms with E-state index in [1.165, 1.54) is 24.1 Å². The highest BCUT2D eigenvalue weighted by Crippen LogP contribution is 2.27. The Labute approximate surface area is 115 Å². The molecule has 1 aromatic carbocycles. The molecule has 1 unspecified atom stereocenters. The highest BCUT2D eigenvalue weighted by Gasteiger charge is 2.21. The van der Waals surface area contributed by atoms with Crippen molar-refractivity contribution in [1.29, 1.82) is 0 Å². The Morgan fingerprint density at radius 2 is 2.33 bits per heavy atom. The first-order valence-corrected chi connectivity index (χ1v) is 7.06. The monoisotopic (exact) mass is 305 g/mol. The predicted molar refractivity (Wildman–Crippen MR) is 76.3 cm³/mol. The van der Waals surface area contributed by atoms with Gasteiger partial charge in [0, 0.05) is 17.1 Å². The van der Waals surface area contributed by atoms with E-state index in [4.69, 9.17) is 0 Å². The van der Waals surface area contributed by atoms with Crippen LogP contribution in [0.15, 0.2) is 34.9 Å². The number of imidazole rings is 1. The fourth-order valence-electron chi connectivity index (χ4n) is 2.57. The molecule has 2 aromatic rings. The van der Waals surface area contributed by atoms with Gasteiger partial charge in [0.05, 0.1) is 17.9 Å². The van der Waals surface area contributed by atoms with Crippen LogP contribution in [0.3, 0.4) is 0 Å². The van der Waals surface area contributed by atoms with Gasteiger partial charge < -0.3 is 9.88 Å². The minimum absolute atomic E-state index is 0.413. The molecular formula is C14H16BrN3. The SMILES string of the molecule is Cn1c(-c2cccc(Br)c2)cnc1C1CCCN1. The molecule has 18 heavy (non-hydrogen) atoms. The maximum absolute atomic E-state index is 4.59. The van der Waals surface area contributed by atoms with Gasteiger partial charge >= 0.3 is 0 Å². The van der Waals surface area contributed by atoms with Crippen LogP contribution in [0.5, 0.6) is 0 Å². The summed E-state index contributed by atoms with van der Waals surface area (Å²) in [6.45, 7) is 1.10. The zero-order valence-electron chi connectivity index (χ0n) is 10.4. The van der Waals surface area contributed by atoms with Gasteiger partial charge in [-0.1, -0.05) is 28.1 Å². The van der Waals surface area contributed by atoms with E-state index in [2.05, 4.69) is 56.0 Å². The molecule has 1 saturated heterocycles. The highest BCUT2D eigenvalue weighted by atomic mass is 79.9. The van der Waals surface area contributed by atoms with Gasteiger partial charge in [0.15, 0.2) is 0 Å². The lowest BCUT2D eigenvalue weighted by Crippen LogP contribution is -2.17. The van der Waals surface area contributed by atoms with Crippen molar-refractivity contribution in [3.63, 3.8) is 0 Å². The smallest absolute Gasteiger partial charge is 0.126 e. The van der Waals surface area contributed by atoms with Crippen molar-refractivity contribution in [2.24, 2.45) is 7.05 Å². The van der Waals surface area contributed by atoms with Crippen LogP contribution in [0.4, 0.5) is 0 Å². The molecule has 0 amide bonds. The number of nitrogens with one attached hydrogen (secondary N) is 1. The zero-order chi connectivity index (χ0) is 12.5. The van der Waals surface area contributed by atoms with Crippen LogP contribution in [0.25, 0.3) is 11.3 Å². The van der Waals surface area contributed by atoms with Crippen LogP contribution < -0.4 is 5.32 Å². The molecule has 3 nitrogen and oxygen atoms in total. The number of hydrogen-bond acceptors (Lipinski definition) is 2. The number of benzene rings is 1. The summed E-state index contributed by atoms with van der Waals surface area (Å²) in [7, 11) is 2.10. The van der Waals surface area contributed by atoms with Crippen LogP contribution in [0.2, 0.25) is 0 Å². The Morgan fingerprint density at radius 1 is 1.44 bits per heavy atom. The molecule has 0 aliphatic carbocycles. The van der Waals surface area contributed by atoms with Gasteiger partial charge in [0.2, 0.25) is 0 Å². The van der Waals surface area contributed by atoms with Crippen LogP contribution in [-0.4, -0.2) is 16.1 Å². The average Bonchev–Trinajstić information content (AvgIpc) is 2.97. The van der Waals surface area contributed by atoms with E-state index in [1.807, 2.05) is 12.3 Å². The second kappa shape index (κ2) is 4.86. The molecule has 2 heterocycles. The summed E-state index contributed by atoms with van der Waals surface area (Å²) >= 11 is 3.52. The van der Waals surface area contributed by atoms with Gasteiger partial charge in [-0.15, -0.1) is 0 Å². The summed E-state index contributed by atoms with van der Waals surface area (Å²) in [5.74, 6) is 1.14. The third kappa shape index (κ3) is 2.10. The van der Waals surface area contributed by atoms with Crippen molar-refractivity contribution in [2.75, 3.05) is 6.54 Å². The summed E-state index contributed by atoms with van der Waals surface area (Å²) < 4.78 is 3.30. The molecule has 0 saturated carbocycles. The number of rotatable bonds is 2. The molecule has 1 aromatic heterocycles.